The Kier molecular flexibility index (Phi) is 5.18. The minimum atomic E-state index is -1.75. The summed E-state index contributed by atoms with van der Waals surface area (Å²) in [5, 5.41) is 25.7. The van der Waals surface area contributed by atoms with Crippen LogP contribution in [-0.2, 0) is 14.4 Å². The zero-order chi connectivity index (χ0) is 19.4. The lowest BCUT2D eigenvalue weighted by atomic mass is 9.85. The molecular weight excluding hydrogens is 352 g/mol. The molecule has 2 aromatic rings. The van der Waals surface area contributed by atoms with Crippen molar-refractivity contribution >= 4 is 17.4 Å². The van der Waals surface area contributed by atoms with Crippen molar-refractivity contribution in [3.05, 3.63) is 75.8 Å². The zero-order valence-corrected chi connectivity index (χ0v) is 14.6. The van der Waals surface area contributed by atoms with Gasteiger partial charge in [0.15, 0.2) is 0 Å². The molecule has 27 heavy (non-hydrogen) atoms. The van der Waals surface area contributed by atoms with Crippen LogP contribution < -0.4 is 0 Å². The third-order valence-corrected chi connectivity index (χ3v) is 4.34. The van der Waals surface area contributed by atoms with E-state index in [0.29, 0.717) is 5.71 Å². The number of esters is 1. The second-order valence-electron chi connectivity index (χ2n) is 6.03. The van der Waals surface area contributed by atoms with Crippen molar-refractivity contribution < 1.29 is 24.4 Å². The van der Waals surface area contributed by atoms with Gasteiger partial charge in [0.05, 0.1) is 23.7 Å². The Balaban J connectivity index is 1.92. The van der Waals surface area contributed by atoms with E-state index >= 15 is 0 Å². The van der Waals surface area contributed by atoms with E-state index in [2.05, 4.69) is 5.16 Å². The molecule has 1 heterocycles. The van der Waals surface area contributed by atoms with Gasteiger partial charge in [-0.05, 0) is 30.2 Å². The summed E-state index contributed by atoms with van der Waals surface area (Å²) < 4.78 is 5.11. The van der Waals surface area contributed by atoms with Crippen molar-refractivity contribution in [2.75, 3.05) is 6.61 Å². The molecule has 0 unspecified atom stereocenters. The maximum absolute atomic E-state index is 12.6. The van der Waals surface area contributed by atoms with Crippen LogP contribution in [0.15, 0.2) is 59.8 Å². The van der Waals surface area contributed by atoms with E-state index in [1.54, 1.807) is 6.92 Å². The normalized spacial score (nSPS) is 19.7. The molecule has 0 spiro atoms. The van der Waals surface area contributed by atoms with Gasteiger partial charge >= 0.3 is 5.97 Å². The highest BCUT2D eigenvalue weighted by Gasteiger charge is 2.54. The third kappa shape index (κ3) is 3.52. The molecule has 0 amide bonds. The number of carbonyl (C=O) groups excluding carboxylic acids is 1. The summed E-state index contributed by atoms with van der Waals surface area (Å²) in [5.74, 6) is -0.745. The number of benzene rings is 2. The van der Waals surface area contributed by atoms with Crippen molar-refractivity contribution in [2.45, 2.75) is 25.0 Å². The number of hydrogen-bond acceptors (Lipinski definition) is 7. The quantitative estimate of drug-likeness (QED) is 0.475. The minimum Gasteiger partial charge on any atom is -0.463 e. The molecule has 1 aliphatic heterocycles. The monoisotopic (exact) mass is 370 g/mol. The Bertz CT molecular complexity index is 866. The molecule has 1 N–H and O–H groups in total. The van der Waals surface area contributed by atoms with Crippen LogP contribution in [-0.4, -0.2) is 33.9 Å². The maximum atomic E-state index is 12.6. The maximum Gasteiger partial charge on any atom is 0.356 e. The van der Waals surface area contributed by atoms with E-state index in [1.807, 2.05) is 30.3 Å². The number of aliphatic hydroxyl groups is 1. The first-order valence-corrected chi connectivity index (χ1v) is 8.38. The summed E-state index contributed by atoms with van der Waals surface area (Å²) in [6.07, 6.45) is -1.41. The Morgan fingerprint density at radius 3 is 2.56 bits per heavy atom. The third-order valence-electron chi connectivity index (χ3n) is 4.34. The van der Waals surface area contributed by atoms with E-state index in [1.165, 1.54) is 24.3 Å². The van der Waals surface area contributed by atoms with Gasteiger partial charge in [-0.2, -0.15) is 0 Å². The topological polar surface area (TPSA) is 111 Å². The molecule has 0 radical (unpaired) electrons. The van der Waals surface area contributed by atoms with Crippen LogP contribution in [0.4, 0.5) is 5.69 Å². The Labute approximate surface area is 155 Å². The van der Waals surface area contributed by atoms with Gasteiger partial charge in [0, 0.05) is 12.1 Å². The van der Waals surface area contributed by atoms with Crippen LogP contribution in [0.2, 0.25) is 0 Å². The lowest BCUT2D eigenvalue weighted by molar-refractivity contribution is -0.384. The average Bonchev–Trinajstić information content (AvgIpc) is 3.15. The highest BCUT2D eigenvalue weighted by Crippen LogP contribution is 2.39. The zero-order valence-electron chi connectivity index (χ0n) is 14.6. The van der Waals surface area contributed by atoms with Gasteiger partial charge in [0.2, 0.25) is 0 Å². The molecule has 2 atom stereocenters. The highest BCUT2D eigenvalue weighted by molar-refractivity contribution is 6.05. The van der Waals surface area contributed by atoms with Crippen LogP contribution in [0.1, 0.15) is 30.6 Å². The number of nitro benzene ring substituents is 1. The number of oxime groups is 1. The lowest BCUT2D eigenvalue weighted by Crippen LogP contribution is -2.46. The van der Waals surface area contributed by atoms with E-state index < -0.39 is 22.6 Å². The molecular formula is C19H18N2O6. The first-order valence-electron chi connectivity index (χ1n) is 8.38. The second kappa shape index (κ2) is 7.55. The summed E-state index contributed by atoms with van der Waals surface area (Å²) in [6, 6.07) is 14.4. The van der Waals surface area contributed by atoms with Crippen LogP contribution in [0.3, 0.4) is 0 Å². The summed E-state index contributed by atoms with van der Waals surface area (Å²) >= 11 is 0. The number of rotatable bonds is 6. The van der Waals surface area contributed by atoms with Crippen molar-refractivity contribution in [3.8, 4) is 0 Å². The molecule has 3 rings (SSSR count). The van der Waals surface area contributed by atoms with Crippen LogP contribution >= 0.6 is 0 Å². The average molecular weight is 370 g/mol. The van der Waals surface area contributed by atoms with E-state index in [4.69, 9.17) is 9.57 Å². The SMILES string of the molecule is CCOC(=O)[C@]1([C@H](O)c2ccc([N+](=O)[O-])cc2)CC(c2ccccc2)=NO1. The number of ether oxygens (including phenoxy) is 1. The number of aliphatic hydroxyl groups excluding tert-OH is 1. The van der Waals surface area contributed by atoms with Gasteiger partial charge in [-0.15, -0.1) is 0 Å². The fourth-order valence-electron chi connectivity index (χ4n) is 2.90. The summed E-state index contributed by atoms with van der Waals surface area (Å²) in [7, 11) is 0. The van der Waals surface area contributed by atoms with Crippen LogP contribution in [0.5, 0.6) is 0 Å². The fourth-order valence-corrected chi connectivity index (χ4v) is 2.90. The molecule has 140 valence electrons. The van der Waals surface area contributed by atoms with Crippen molar-refractivity contribution in [1.29, 1.82) is 0 Å². The molecule has 0 bridgehead atoms. The standard InChI is InChI=1S/C19H18N2O6/c1-2-26-18(23)19(12-16(20-27-19)13-6-4-3-5-7-13)17(22)14-8-10-15(11-9-14)21(24)25/h3-11,17,22H,2,12H2,1H3/t17-,19-/m1/s1. The largest absolute Gasteiger partial charge is 0.463 e. The minimum absolute atomic E-state index is 0.00794. The number of hydrogen-bond donors (Lipinski definition) is 1. The number of non-ortho nitro benzene ring substituents is 1. The Morgan fingerprint density at radius 2 is 1.96 bits per heavy atom. The van der Waals surface area contributed by atoms with E-state index in [-0.39, 0.29) is 24.3 Å². The lowest BCUT2D eigenvalue weighted by Gasteiger charge is -2.29. The van der Waals surface area contributed by atoms with Gasteiger partial charge < -0.3 is 14.7 Å². The fraction of sp³-hybridized carbons (Fsp3) is 0.263. The molecule has 0 aliphatic carbocycles. The van der Waals surface area contributed by atoms with E-state index in [0.717, 1.165) is 5.56 Å². The second-order valence-corrected chi connectivity index (χ2v) is 6.03. The molecule has 0 saturated heterocycles. The summed E-state index contributed by atoms with van der Waals surface area (Å²) in [6.45, 7) is 1.76. The first-order chi connectivity index (χ1) is 13.0. The molecule has 1 aliphatic rings. The van der Waals surface area contributed by atoms with Gasteiger partial charge in [-0.25, -0.2) is 4.79 Å². The predicted octanol–water partition coefficient (Wildman–Crippen LogP) is 2.75. The number of carbonyl (C=O) groups is 1. The number of nitrogens with zero attached hydrogens (tertiary/aromatic N) is 2. The Hall–Kier alpha value is -3.26. The molecule has 8 heteroatoms. The first kappa shape index (κ1) is 18.5. The van der Waals surface area contributed by atoms with Gasteiger partial charge in [-0.1, -0.05) is 35.5 Å². The predicted molar refractivity (Wildman–Crippen MR) is 96.1 cm³/mol. The Morgan fingerprint density at radius 1 is 1.30 bits per heavy atom. The number of nitro groups is 1. The van der Waals surface area contributed by atoms with Gasteiger partial charge in [-0.3, -0.25) is 10.1 Å². The summed E-state index contributed by atoms with van der Waals surface area (Å²) in [5.41, 5.74) is -0.316. The van der Waals surface area contributed by atoms with E-state index in [9.17, 15) is 20.0 Å². The van der Waals surface area contributed by atoms with Crippen molar-refractivity contribution in [3.63, 3.8) is 0 Å². The molecule has 0 aromatic heterocycles. The van der Waals surface area contributed by atoms with Gasteiger partial charge in [0.1, 0.15) is 6.10 Å². The molecule has 0 fully saturated rings. The molecule has 2 aromatic carbocycles. The molecule has 0 saturated carbocycles. The van der Waals surface area contributed by atoms with Crippen molar-refractivity contribution in [2.24, 2.45) is 5.16 Å². The highest BCUT2D eigenvalue weighted by atomic mass is 16.7. The van der Waals surface area contributed by atoms with Crippen LogP contribution in [0.25, 0.3) is 0 Å². The van der Waals surface area contributed by atoms with Crippen molar-refractivity contribution in [1.82, 2.24) is 0 Å². The molecule has 8 nitrogen and oxygen atoms in total. The smallest absolute Gasteiger partial charge is 0.356 e. The van der Waals surface area contributed by atoms with Gasteiger partial charge in [0.25, 0.3) is 11.3 Å². The summed E-state index contributed by atoms with van der Waals surface area (Å²) in [4.78, 5) is 28.4. The van der Waals surface area contributed by atoms with Crippen LogP contribution in [0, 0.1) is 10.1 Å².